The van der Waals surface area contributed by atoms with Crippen LogP contribution < -0.4 is 10.6 Å². The molecule has 26 heavy (non-hydrogen) atoms. The SMILES string of the molecule is CCn1c2ccccc2c2nnc(SCC(=O)NC(=O)NC(C)C)nc21. The molecular weight excluding hydrogens is 352 g/mol. The van der Waals surface area contributed by atoms with Gasteiger partial charge >= 0.3 is 6.03 Å². The first-order valence-electron chi connectivity index (χ1n) is 8.34. The molecule has 0 saturated carbocycles. The molecule has 0 saturated heterocycles. The first kappa shape index (κ1) is 18.1. The molecule has 0 spiro atoms. The third-order valence-corrected chi connectivity index (χ3v) is 4.51. The number of imide groups is 1. The molecule has 0 bridgehead atoms. The van der Waals surface area contributed by atoms with Crippen molar-refractivity contribution in [2.24, 2.45) is 0 Å². The van der Waals surface area contributed by atoms with Gasteiger partial charge in [-0.2, -0.15) is 0 Å². The Kier molecular flexibility index (Phi) is 5.36. The van der Waals surface area contributed by atoms with Crippen LogP contribution in [0.15, 0.2) is 29.4 Å². The Morgan fingerprint density at radius 1 is 1.23 bits per heavy atom. The standard InChI is InChI=1S/C17H20N6O2S/c1-4-23-12-8-6-5-7-11(12)14-15(23)20-17(22-21-14)26-9-13(24)19-16(25)18-10(2)3/h5-8,10H,4,9H2,1-3H3,(H2,18,19,24,25). The minimum atomic E-state index is -0.508. The van der Waals surface area contributed by atoms with Gasteiger partial charge in [0.1, 0.15) is 5.52 Å². The number of fused-ring (bicyclic) bond motifs is 3. The van der Waals surface area contributed by atoms with E-state index in [1.54, 1.807) is 0 Å². The number of rotatable bonds is 5. The molecule has 0 radical (unpaired) electrons. The van der Waals surface area contributed by atoms with Gasteiger partial charge in [0, 0.05) is 18.0 Å². The van der Waals surface area contributed by atoms with E-state index < -0.39 is 11.9 Å². The second-order valence-corrected chi connectivity index (χ2v) is 6.94. The van der Waals surface area contributed by atoms with Crippen LogP contribution >= 0.6 is 11.8 Å². The van der Waals surface area contributed by atoms with Gasteiger partial charge in [-0.15, -0.1) is 10.2 Å². The van der Waals surface area contributed by atoms with E-state index in [1.807, 2.05) is 45.0 Å². The number of hydrogen-bond acceptors (Lipinski definition) is 6. The number of urea groups is 1. The van der Waals surface area contributed by atoms with Crippen LogP contribution in [0.1, 0.15) is 20.8 Å². The van der Waals surface area contributed by atoms with Gasteiger partial charge < -0.3 is 9.88 Å². The summed E-state index contributed by atoms with van der Waals surface area (Å²) in [6.07, 6.45) is 0. The number of amides is 3. The van der Waals surface area contributed by atoms with Crippen LogP contribution in [0.3, 0.4) is 0 Å². The van der Waals surface area contributed by atoms with Crippen molar-refractivity contribution in [3.05, 3.63) is 24.3 Å². The van der Waals surface area contributed by atoms with E-state index in [1.165, 1.54) is 0 Å². The fraction of sp³-hybridized carbons (Fsp3) is 0.353. The number of benzene rings is 1. The van der Waals surface area contributed by atoms with E-state index in [0.717, 1.165) is 40.4 Å². The lowest BCUT2D eigenvalue weighted by Crippen LogP contribution is -2.43. The first-order chi connectivity index (χ1) is 12.5. The van der Waals surface area contributed by atoms with Gasteiger partial charge in [-0.25, -0.2) is 9.78 Å². The average Bonchev–Trinajstić information content (AvgIpc) is 2.92. The van der Waals surface area contributed by atoms with Crippen molar-refractivity contribution in [1.29, 1.82) is 0 Å². The van der Waals surface area contributed by atoms with Gasteiger partial charge in [-0.1, -0.05) is 30.0 Å². The molecule has 3 amide bonds. The largest absolute Gasteiger partial charge is 0.336 e. The number of aryl methyl sites for hydroxylation is 1. The molecule has 2 aromatic heterocycles. The van der Waals surface area contributed by atoms with Gasteiger partial charge in [0.25, 0.3) is 0 Å². The minimum Gasteiger partial charge on any atom is -0.336 e. The van der Waals surface area contributed by atoms with Crippen LogP contribution in [0.4, 0.5) is 4.79 Å². The Labute approximate surface area is 154 Å². The third kappa shape index (κ3) is 3.77. The molecule has 0 aliphatic rings. The molecule has 0 aliphatic heterocycles. The summed E-state index contributed by atoms with van der Waals surface area (Å²) in [5.74, 6) is -0.377. The maximum absolute atomic E-state index is 11.9. The predicted octanol–water partition coefficient (Wildman–Crippen LogP) is 2.33. The molecule has 136 valence electrons. The second-order valence-electron chi connectivity index (χ2n) is 5.99. The predicted molar refractivity (Wildman–Crippen MR) is 101 cm³/mol. The van der Waals surface area contributed by atoms with Crippen LogP contribution in [-0.4, -0.2) is 43.5 Å². The summed E-state index contributed by atoms with van der Waals surface area (Å²) in [7, 11) is 0. The zero-order chi connectivity index (χ0) is 18.7. The lowest BCUT2D eigenvalue weighted by Gasteiger charge is -2.08. The van der Waals surface area contributed by atoms with Gasteiger partial charge in [0.2, 0.25) is 11.1 Å². The Hall–Kier alpha value is -2.68. The van der Waals surface area contributed by atoms with Crippen LogP contribution in [0.2, 0.25) is 0 Å². The highest BCUT2D eigenvalue weighted by atomic mass is 32.2. The lowest BCUT2D eigenvalue weighted by atomic mass is 10.2. The number of hydrogen-bond donors (Lipinski definition) is 2. The number of aromatic nitrogens is 4. The maximum Gasteiger partial charge on any atom is 0.321 e. The van der Waals surface area contributed by atoms with E-state index in [-0.39, 0.29) is 11.8 Å². The van der Waals surface area contributed by atoms with E-state index >= 15 is 0 Å². The van der Waals surface area contributed by atoms with Crippen molar-refractivity contribution >= 4 is 45.8 Å². The van der Waals surface area contributed by atoms with E-state index in [0.29, 0.717) is 5.16 Å². The Bertz CT molecular complexity index is 968. The summed E-state index contributed by atoms with van der Waals surface area (Å²) >= 11 is 1.14. The Morgan fingerprint density at radius 2 is 2.00 bits per heavy atom. The summed E-state index contributed by atoms with van der Waals surface area (Å²) < 4.78 is 2.07. The van der Waals surface area contributed by atoms with Crippen molar-refractivity contribution in [2.75, 3.05) is 5.75 Å². The fourth-order valence-corrected chi connectivity index (χ4v) is 3.24. The zero-order valence-corrected chi connectivity index (χ0v) is 15.6. The highest BCUT2D eigenvalue weighted by Crippen LogP contribution is 2.26. The van der Waals surface area contributed by atoms with Gasteiger partial charge in [0.05, 0.1) is 11.3 Å². The second kappa shape index (κ2) is 7.69. The Morgan fingerprint density at radius 3 is 2.73 bits per heavy atom. The molecule has 0 fully saturated rings. The molecule has 3 aromatic rings. The lowest BCUT2D eigenvalue weighted by molar-refractivity contribution is -0.117. The average molecular weight is 372 g/mol. The van der Waals surface area contributed by atoms with Crippen molar-refractivity contribution in [2.45, 2.75) is 38.5 Å². The van der Waals surface area contributed by atoms with Crippen LogP contribution in [0.5, 0.6) is 0 Å². The molecular formula is C17H20N6O2S. The normalized spacial score (nSPS) is 11.2. The van der Waals surface area contributed by atoms with Crippen LogP contribution in [0.25, 0.3) is 22.1 Å². The first-order valence-corrected chi connectivity index (χ1v) is 9.33. The molecule has 2 N–H and O–H groups in total. The number of carbonyl (C=O) groups is 2. The van der Waals surface area contributed by atoms with Crippen LogP contribution in [0, 0.1) is 0 Å². The summed E-state index contributed by atoms with van der Waals surface area (Å²) in [4.78, 5) is 28.0. The number of para-hydroxylation sites is 1. The monoisotopic (exact) mass is 372 g/mol. The van der Waals surface area contributed by atoms with Gasteiger partial charge in [0.15, 0.2) is 5.65 Å². The van der Waals surface area contributed by atoms with Crippen molar-refractivity contribution < 1.29 is 9.59 Å². The van der Waals surface area contributed by atoms with Gasteiger partial charge in [-0.3, -0.25) is 10.1 Å². The summed E-state index contributed by atoms with van der Waals surface area (Å²) in [6.45, 7) is 6.44. The number of carbonyl (C=O) groups excluding carboxylic acids is 2. The summed E-state index contributed by atoms with van der Waals surface area (Å²) in [5.41, 5.74) is 2.54. The maximum atomic E-state index is 11.9. The molecule has 9 heteroatoms. The highest BCUT2D eigenvalue weighted by Gasteiger charge is 2.15. The molecule has 0 unspecified atom stereocenters. The van der Waals surface area contributed by atoms with Crippen LogP contribution in [-0.2, 0) is 11.3 Å². The Balaban J connectivity index is 1.76. The van der Waals surface area contributed by atoms with Crippen molar-refractivity contribution in [3.8, 4) is 0 Å². The van der Waals surface area contributed by atoms with E-state index in [2.05, 4.69) is 30.4 Å². The molecule has 3 rings (SSSR count). The molecule has 2 heterocycles. The molecule has 1 aromatic carbocycles. The molecule has 0 atom stereocenters. The zero-order valence-electron chi connectivity index (χ0n) is 14.8. The molecule has 8 nitrogen and oxygen atoms in total. The summed E-state index contributed by atoms with van der Waals surface area (Å²) in [6, 6.07) is 7.40. The highest BCUT2D eigenvalue weighted by molar-refractivity contribution is 7.99. The van der Waals surface area contributed by atoms with Crippen molar-refractivity contribution in [3.63, 3.8) is 0 Å². The van der Waals surface area contributed by atoms with E-state index in [9.17, 15) is 9.59 Å². The number of nitrogens with zero attached hydrogens (tertiary/aromatic N) is 4. The quantitative estimate of drug-likeness (QED) is 0.667. The van der Waals surface area contributed by atoms with E-state index in [4.69, 9.17) is 0 Å². The minimum absolute atomic E-state index is 0.0328. The van der Waals surface area contributed by atoms with Crippen molar-refractivity contribution in [1.82, 2.24) is 30.4 Å². The van der Waals surface area contributed by atoms with Gasteiger partial charge in [-0.05, 0) is 26.8 Å². The smallest absolute Gasteiger partial charge is 0.321 e. The summed E-state index contributed by atoms with van der Waals surface area (Å²) in [5, 5.41) is 14.7. The number of thioether (sulfide) groups is 1. The molecule has 0 aliphatic carbocycles. The third-order valence-electron chi connectivity index (χ3n) is 3.68. The number of nitrogens with one attached hydrogen (secondary N) is 2. The fourth-order valence-electron chi connectivity index (χ4n) is 2.66. The topological polar surface area (TPSA) is 102 Å².